The van der Waals surface area contributed by atoms with Gasteiger partial charge in [0.15, 0.2) is 0 Å². The average Bonchev–Trinajstić information content (AvgIpc) is 3.44. The van der Waals surface area contributed by atoms with Gasteiger partial charge in [0.2, 0.25) is 5.91 Å². The molecule has 2 fully saturated rings. The fourth-order valence-electron chi connectivity index (χ4n) is 3.54. The molecule has 138 valence electrons. The summed E-state index contributed by atoms with van der Waals surface area (Å²) in [4.78, 5) is 26.1. The molecule has 1 saturated heterocycles. The Hall–Kier alpha value is -3.14. The Balaban J connectivity index is 1.77. The van der Waals surface area contributed by atoms with E-state index in [1.807, 2.05) is 6.07 Å². The maximum atomic E-state index is 14.6. The van der Waals surface area contributed by atoms with Gasteiger partial charge in [-0.15, -0.1) is 0 Å². The number of likely N-dealkylation sites (tertiary alicyclic amines) is 1. The van der Waals surface area contributed by atoms with Gasteiger partial charge in [-0.1, -0.05) is 18.7 Å². The molecule has 0 unspecified atom stereocenters. The topological polar surface area (TPSA) is 78.1 Å². The second-order valence-corrected chi connectivity index (χ2v) is 7.15. The first kappa shape index (κ1) is 17.3. The van der Waals surface area contributed by atoms with Crippen LogP contribution >= 0.6 is 0 Å². The van der Waals surface area contributed by atoms with Crippen molar-refractivity contribution < 1.29 is 9.18 Å². The van der Waals surface area contributed by atoms with Gasteiger partial charge in [-0.05, 0) is 30.9 Å². The standard InChI is InChI=1S/C20H19FN4O2/c1-2-17(26)24-10-13(11-24)23-18-14-4-3-5-16(21)19(14)25(9-12-6-7-12)20(27)15(18)8-22/h2-5,12-13,23H,1,6-7,9-11H2. The van der Waals surface area contributed by atoms with Crippen LogP contribution in [0.4, 0.5) is 10.1 Å². The van der Waals surface area contributed by atoms with Crippen LogP contribution in [-0.4, -0.2) is 34.5 Å². The molecular formula is C20H19FN4O2. The summed E-state index contributed by atoms with van der Waals surface area (Å²) in [7, 11) is 0. The first-order chi connectivity index (χ1) is 13.0. The quantitative estimate of drug-likeness (QED) is 0.823. The van der Waals surface area contributed by atoms with Gasteiger partial charge in [0, 0.05) is 25.0 Å². The van der Waals surface area contributed by atoms with Crippen molar-refractivity contribution in [3.8, 4) is 6.07 Å². The second kappa shape index (κ2) is 6.54. The Bertz CT molecular complexity index is 1040. The number of anilines is 1. The van der Waals surface area contributed by atoms with E-state index < -0.39 is 11.4 Å². The Kier molecular flexibility index (Phi) is 4.19. The highest BCUT2D eigenvalue weighted by Gasteiger charge is 2.32. The van der Waals surface area contributed by atoms with Gasteiger partial charge in [-0.3, -0.25) is 9.59 Å². The van der Waals surface area contributed by atoms with E-state index in [-0.39, 0.29) is 23.0 Å². The van der Waals surface area contributed by atoms with E-state index in [4.69, 9.17) is 0 Å². The Morgan fingerprint density at radius 3 is 2.78 bits per heavy atom. The Labute approximate surface area is 155 Å². The SMILES string of the molecule is C=CC(=O)N1CC(Nc2c(C#N)c(=O)n(CC3CC3)c3c(F)cccc23)C1. The highest BCUT2D eigenvalue weighted by molar-refractivity contribution is 5.95. The maximum Gasteiger partial charge on any atom is 0.271 e. The van der Waals surface area contributed by atoms with Gasteiger partial charge >= 0.3 is 0 Å². The minimum absolute atomic E-state index is 0.0118. The number of halogens is 1. The summed E-state index contributed by atoms with van der Waals surface area (Å²) >= 11 is 0. The van der Waals surface area contributed by atoms with Gasteiger partial charge in [0.1, 0.15) is 17.4 Å². The Morgan fingerprint density at radius 2 is 2.15 bits per heavy atom. The fourth-order valence-corrected chi connectivity index (χ4v) is 3.54. The van der Waals surface area contributed by atoms with E-state index in [0.29, 0.717) is 36.6 Å². The van der Waals surface area contributed by atoms with Gasteiger partial charge in [-0.2, -0.15) is 5.26 Å². The zero-order valence-corrected chi connectivity index (χ0v) is 14.7. The number of hydrogen-bond donors (Lipinski definition) is 1. The molecule has 0 spiro atoms. The smallest absolute Gasteiger partial charge is 0.271 e. The van der Waals surface area contributed by atoms with Crippen LogP contribution in [0.2, 0.25) is 0 Å². The van der Waals surface area contributed by atoms with Gasteiger partial charge in [0.05, 0.1) is 17.2 Å². The predicted octanol–water partition coefficient (Wildman–Crippen LogP) is 2.23. The number of nitriles is 1. The summed E-state index contributed by atoms with van der Waals surface area (Å²) in [5.41, 5.74) is 0.0964. The van der Waals surface area contributed by atoms with Crippen LogP contribution < -0.4 is 10.9 Å². The lowest BCUT2D eigenvalue weighted by Gasteiger charge is -2.39. The van der Waals surface area contributed by atoms with Crippen molar-refractivity contribution >= 4 is 22.5 Å². The molecule has 7 heteroatoms. The highest BCUT2D eigenvalue weighted by atomic mass is 19.1. The largest absolute Gasteiger partial charge is 0.377 e. The van der Waals surface area contributed by atoms with Crippen molar-refractivity contribution in [1.82, 2.24) is 9.47 Å². The molecule has 1 aliphatic carbocycles. The van der Waals surface area contributed by atoms with Gasteiger partial charge in [0.25, 0.3) is 5.56 Å². The molecule has 1 aromatic carbocycles. The number of amides is 1. The molecule has 0 bridgehead atoms. The molecule has 0 atom stereocenters. The molecule has 4 rings (SSSR count). The average molecular weight is 366 g/mol. The minimum atomic E-state index is -0.477. The third-order valence-electron chi connectivity index (χ3n) is 5.20. The molecule has 1 aliphatic heterocycles. The van der Waals surface area contributed by atoms with Crippen LogP contribution in [0.15, 0.2) is 35.6 Å². The van der Waals surface area contributed by atoms with E-state index in [1.165, 1.54) is 16.7 Å². The summed E-state index contributed by atoms with van der Waals surface area (Å²) in [5.74, 6) is -0.278. The number of rotatable bonds is 5. The molecule has 2 heterocycles. The molecule has 0 radical (unpaired) electrons. The van der Waals surface area contributed by atoms with E-state index in [1.54, 1.807) is 17.0 Å². The molecule has 2 aliphatic rings. The normalized spacial score (nSPS) is 16.7. The summed E-state index contributed by atoms with van der Waals surface area (Å²) in [6.45, 7) is 4.77. The summed E-state index contributed by atoms with van der Waals surface area (Å²) in [5, 5.41) is 13.3. The minimum Gasteiger partial charge on any atom is -0.377 e. The molecule has 1 aromatic heterocycles. The molecule has 27 heavy (non-hydrogen) atoms. The third-order valence-corrected chi connectivity index (χ3v) is 5.20. The van der Waals surface area contributed by atoms with Crippen molar-refractivity contribution in [3.63, 3.8) is 0 Å². The number of carbonyl (C=O) groups excluding carboxylic acids is 1. The van der Waals surface area contributed by atoms with E-state index in [2.05, 4.69) is 11.9 Å². The maximum absolute atomic E-state index is 14.6. The van der Waals surface area contributed by atoms with E-state index >= 15 is 0 Å². The number of para-hydroxylation sites is 1. The molecular weight excluding hydrogens is 347 g/mol. The number of aromatic nitrogens is 1. The van der Waals surface area contributed by atoms with Crippen LogP contribution in [0.3, 0.4) is 0 Å². The molecule has 1 saturated carbocycles. The van der Waals surface area contributed by atoms with E-state index in [0.717, 1.165) is 12.8 Å². The van der Waals surface area contributed by atoms with Crippen molar-refractivity contribution in [1.29, 1.82) is 5.26 Å². The highest BCUT2D eigenvalue weighted by Crippen LogP contribution is 2.34. The number of nitrogens with one attached hydrogen (secondary N) is 1. The molecule has 1 amide bonds. The van der Waals surface area contributed by atoms with Crippen LogP contribution in [0.5, 0.6) is 0 Å². The molecule has 1 N–H and O–H groups in total. The number of hydrogen-bond acceptors (Lipinski definition) is 4. The lowest BCUT2D eigenvalue weighted by molar-refractivity contribution is -0.129. The lowest BCUT2D eigenvalue weighted by Crippen LogP contribution is -2.56. The van der Waals surface area contributed by atoms with Crippen LogP contribution in [-0.2, 0) is 11.3 Å². The number of benzene rings is 1. The number of carbonyl (C=O) groups is 1. The van der Waals surface area contributed by atoms with Crippen LogP contribution in [0, 0.1) is 23.1 Å². The van der Waals surface area contributed by atoms with Gasteiger partial charge in [-0.25, -0.2) is 4.39 Å². The van der Waals surface area contributed by atoms with E-state index in [9.17, 15) is 19.2 Å². The van der Waals surface area contributed by atoms with Crippen molar-refractivity contribution in [2.24, 2.45) is 5.92 Å². The molecule has 2 aromatic rings. The van der Waals surface area contributed by atoms with Crippen molar-refractivity contribution in [3.05, 3.63) is 52.6 Å². The zero-order chi connectivity index (χ0) is 19.1. The second-order valence-electron chi connectivity index (χ2n) is 7.15. The number of pyridine rings is 1. The summed E-state index contributed by atoms with van der Waals surface area (Å²) in [6, 6.07) is 6.51. The van der Waals surface area contributed by atoms with Crippen molar-refractivity contribution in [2.75, 3.05) is 18.4 Å². The summed E-state index contributed by atoms with van der Waals surface area (Å²) in [6.07, 6.45) is 3.28. The Morgan fingerprint density at radius 1 is 1.41 bits per heavy atom. The number of fused-ring (bicyclic) bond motifs is 1. The number of nitrogens with zero attached hydrogens (tertiary/aromatic N) is 3. The van der Waals surface area contributed by atoms with Crippen molar-refractivity contribution in [2.45, 2.75) is 25.4 Å². The fraction of sp³-hybridized carbons (Fsp3) is 0.350. The summed E-state index contributed by atoms with van der Waals surface area (Å²) < 4.78 is 16.0. The predicted molar refractivity (Wildman–Crippen MR) is 99.8 cm³/mol. The van der Waals surface area contributed by atoms with Crippen LogP contribution in [0.1, 0.15) is 18.4 Å². The zero-order valence-electron chi connectivity index (χ0n) is 14.7. The monoisotopic (exact) mass is 366 g/mol. The lowest BCUT2D eigenvalue weighted by atomic mass is 10.0. The third kappa shape index (κ3) is 2.97. The van der Waals surface area contributed by atoms with Crippen LogP contribution in [0.25, 0.3) is 10.9 Å². The first-order valence-corrected chi connectivity index (χ1v) is 8.96. The molecule has 6 nitrogen and oxygen atoms in total. The van der Waals surface area contributed by atoms with Gasteiger partial charge < -0.3 is 14.8 Å². The first-order valence-electron chi connectivity index (χ1n) is 8.96.